The van der Waals surface area contributed by atoms with Crippen molar-refractivity contribution in [1.29, 1.82) is 0 Å². The Morgan fingerprint density at radius 1 is 1.05 bits per heavy atom. The fourth-order valence-corrected chi connectivity index (χ4v) is 2.55. The SMILES string of the molecule is CCCNC(c1cccc(C)c1)c1ccccc1OCC. The molecule has 2 nitrogen and oxygen atoms in total. The number of hydrogen-bond acceptors (Lipinski definition) is 2. The summed E-state index contributed by atoms with van der Waals surface area (Å²) in [5, 5.41) is 3.65. The van der Waals surface area contributed by atoms with Gasteiger partial charge in [0.25, 0.3) is 0 Å². The van der Waals surface area contributed by atoms with Crippen LogP contribution in [0.3, 0.4) is 0 Å². The predicted octanol–water partition coefficient (Wildman–Crippen LogP) is 4.48. The molecular weight excluding hydrogens is 258 g/mol. The summed E-state index contributed by atoms with van der Waals surface area (Å²) >= 11 is 0. The van der Waals surface area contributed by atoms with Crippen LogP contribution < -0.4 is 10.1 Å². The first-order valence-corrected chi connectivity index (χ1v) is 7.78. The molecule has 2 aromatic rings. The number of ether oxygens (including phenoxy) is 1. The largest absolute Gasteiger partial charge is 0.494 e. The van der Waals surface area contributed by atoms with Crippen LogP contribution in [0.1, 0.15) is 43.0 Å². The minimum Gasteiger partial charge on any atom is -0.494 e. The molecule has 2 rings (SSSR count). The highest BCUT2D eigenvalue weighted by Crippen LogP contribution is 2.30. The number of aryl methyl sites for hydroxylation is 1. The fraction of sp³-hybridized carbons (Fsp3) is 0.368. The molecule has 1 N–H and O–H groups in total. The number of para-hydroxylation sites is 1. The van der Waals surface area contributed by atoms with Crippen LogP contribution in [0.4, 0.5) is 0 Å². The summed E-state index contributed by atoms with van der Waals surface area (Å²) in [7, 11) is 0. The highest BCUT2D eigenvalue weighted by atomic mass is 16.5. The Bertz CT molecular complexity index is 565. The van der Waals surface area contributed by atoms with Gasteiger partial charge in [-0.25, -0.2) is 0 Å². The van der Waals surface area contributed by atoms with E-state index in [9.17, 15) is 0 Å². The van der Waals surface area contributed by atoms with Gasteiger partial charge in [-0.1, -0.05) is 55.0 Å². The van der Waals surface area contributed by atoms with Gasteiger partial charge in [-0.05, 0) is 38.4 Å². The van der Waals surface area contributed by atoms with Gasteiger partial charge in [-0.15, -0.1) is 0 Å². The van der Waals surface area contributed by atoms with Crippen molar-refractivity contribution in [3.05, 3.63) is 65.2 Å². The molecule has 0 spiro atoms. The summed E-state index contributed by atoms with van der Waals surface area (Å²) in [5.74, 6) is 0.968. The summed E-state index contributed by atoms with van der Waals surface area (Å²) in [6.07, 6.45) is 1.11. The third-order valence-corrected chi connectivity index (χ3v) is 3.50. The first kappa shape index (κ1) is 15.6. The van der Waals surface area contributed by atoms with Gasteiger partial charge < -0.3 is 10.1 Å². The van der Waals surface area contributed by atoms with Gasteiger partial charge in [0, 0.05) is 5.56 Å². The van der Waals surface area contributed by atoms with E-state index in [-0.39, 0.29) is 6.04 Å². The lowest BCUT2D eigenvalue weighted by Gasteiger charge is -2.22. The maximum atomic E-state index is 5.81. The Labute approximate surface area is 128 Å². The van der Waals surface area contributed by atoms with Crippen LogP contribution in [0.25, 0.3) is 0 Å². The van der Waals surface area contributed by atoms with E-state index in [1.807, 2.05) is 13.0 Å². The van der Waals surface area contributed by atoms with Crippen LogP contribution in [0.15, 0.2) is 48.5 Å². The Balaban J connectivity index is 2.40. The molecule has 1 atom stereocenters. The molecule has 0 saturated heterocycles. The van der Waals surface area contributed by atoms with Gasteiger partial charge in [0.1, 0.15) is 5.75 Å². The molecule has 0 fully saturated rings. The van der Waals surface area contributed by atoms with E-state index >= 15 is 0 Å². The molecule has 2 heteroatoms. The molecular formula is C19H25NO. The van der Waals surface area contributed by atoms with E-state index in [2.05, 4.69) is 61.6 Å². The molecule has 0 aliphatic heterocycles. The summed E-state index contributed by atoms with van der Waals surface area (Å²) in [6, 6.07) is 17.2. The third kappa shape index (κ3) is 4.08. The lowest BCUT2D eigenvalue weighted by atomic mass is 9.96. The first-order valence-electron chi connectivity index (χ1n) is 7.78. The van der Waals surface area contributed by atoms with Crippen molar-refractivity contribution < 1.29 is 4.74 Å². The summed E-state index contributed by atoms with van der Waals surface area (Å²) in [6.45, 7) is 8.02. The normalized spacial score (nSPS) is 12.1. The molecule has 112 valence electrons. The van der Waals surface area contributed by atoms with Crippen molar-refractivity contribution in [2.45, 2.75) is 33.2 Å². The zero-order valence-corrected chi connectivity index (χ0v) is 13.2. The van der Waals surface area contributed by atoms with E-state index in [0.29, 0.717) is 6.61 Å². The summed E-state index contributed by atoms with van der Waals surface area (Å²) in [5.41, 5.74) is 3.78. The van der Waals surface area contributed by atoms with Crippen LogP contribution in [-0.4, -0.2) is 13.2 Å². The summed E-state index contributed by atoms with van der Waals surface area (Å²) in [4.78, 5) is 0. The van der Waals surface area contributed by atoms with Crippen LogP contribution in [0.2, 0.25) is 0 Å². The standard InChI is InChI=1S/C19H25NO/c1-4-13-20-19(16-10-8-9-15(3)14-16)17-11-6-7-12-18(17)21-5-2/h6-12,14,19-20H,4-5,13H2,1-3H3. The third-order valence-electron chi connectivity index (χ3n) is 3.50. The molecule has 0 radical (unpaired) electrons. The predicted molar refractivity (Wildman–Crippen MR) is 88.9 cm³/mol. The van der Waals surface area contributed by atoms with E-state index in [4.69, 9.17) is 4.74 Å². The highest BCUT2D eigenvalue weighted by molar-refractivity contribution is 5.42. The van der Waals surface area contributed by atoms with Gasteiger partial charge in [0.15, 0.2) is 0 Å². The number of nitrogens with one attached hydrogen (secondary N) is 1. The second kappa shape index (κ2) is 7.84. The van der Waals surface area contributed by atoms with Gasteiger partial charge >= 0.3 is 0 Å². The van der Waals surface area contributed by atoms with E-state index in [1.54, 1.807) is 0 Å². The maximum absolute atomic E-state index is 5.81. The van der Waals surface area contributed by atoms with Crippen molar-refractivity contribution >= 4 is 0 Å². The van der Waals surface area contributed by atoms with Crippen LogP contribution in [-0.2, 0) is 0 Å². The molecule has 0 bridgehead atoms. The zero-order chi connectivity index (χ0) is 15.1. The lowest BCUT2D eigenvalue weighted by molar-refractivity contribution is 0.333. The monoisotopic (exact) mass is 283 g/mol. The molecule has 0 heterocycles. The van der Waals surface area contributed by atoms with Crippen molar-refractivity contribution in [2.75, 3.05) is 13.2 Å². The average molecular weight is 283 g/mol. The molecule has 21 heavy (non-hydrogen) atoms. The zero-order valence-electron chi connectivity index (χ0n) is 13.2. The topological polar surface area (TPSA) is 21.3 Å². The van der Waals surface area contributed by atoms with Gasteiger partial charge in [-0.3, -0.25) is 0 Å². The quantitative estimate of drug-likeness (QED) is 0.808. The maximum Gasteiger partial charge on any atom is 0.124 e. The highest BCUT2D eigenvalue weighted by Gasteiger charge is 2.17. The second-order valence-corrected chi connectivity index (χ2v) is 5.27. The van der Waals surface area contributed by atoms with Crippen molar-refractivity contribution in [1.82, 2.24) is 5.32 Å². The molecule has 0 aliphatic rings. The fourth-order valence-electron chi connectivity index (χ4n) is 2.55. The van der Waals surface area contributed by atoms with Crippen molar-refractivity contribution in [3.8, 4) is 5.75 Å². The minimum absolute atomic E-state index is 0.174. The molecule has 0 aliphatic carbocycles. The molecule has 2 aromatic carbocycles. The minimum atomic E-state index is 0.174. The lowest BCUT2D eigenvalue weighted by Crippen LogP contribution is -2.24. The average Bonchev–Trinajstić information content (AvgIpc) is 2.49. The van der Waals surface area contributed by atoms with Crippen LogP contribution >= 0.6 is 0 Å². The Hall–Kier alpha value is -1.80. The van der Waals surface area contributed by atoms with Gasteiger partial charge in [0.2, 0.25) is 0 Å². The van der Waals surface area contributed by atoms with Gasteiger partial charge in [0.05, 0.1) is 12.6 Å². The van der Waals surface area contributed by atoms with E-state index in [0.717, 1.165) is 18.7 Å². The molecule has 1 unspecified atom stereocenters. The van der Waals surface area contributed by atoms with Crippen molar-refractivity contribution in [3.63, 3.8) is 0 Å². The molecule has 0 saturated carbocycles. The van der Waals surface area contributed by atoms with Crippen LogP contribution in [0.5, 0.6) is 5.75 Å². The molecule has 0 aromatic heterocycles. The number of rotatable bonds is 7. The second-order valence-electron chi connectivity index (χ2n) is 5.27. The summed E-state index contributed by atoms with van der Waals surface area (Å²) < 4.78 is 5.81. The number of hydrogen-bond donors (Lipinski definition) is 1. The van der Waals surface area contributed by atoms with Crippen molar-refractivity contribution in [2.24, 2.45) is 0 Å². The first-order chi connectivity index (χ1) is 10.3. The Morgan fingerprint density at radius 3 is 2.57 bits per heavy atom. The molecule has 0 amide bonds. The van der Waals surface area contributed by atoms with E-state index in [1.165, 1.54) is 16.7 Å². The number of benzene rings is 2. The smallest absolute Gasteiger partial charge is 0.124 e. The van der Waals surface area contributed by atoms with E-state index < -0.39 is 0 Å². The van der Waals surface area contributed by atoms with Crippen LogP contribution in [0, 0.1) is 6.92 Å². The van der Waals surface area contributed by atoms with Gasteiger partial charge in [-0.2, -0.15) is 0 Å². The Morgan fingerprint density at radius 2 is 1.86 bits per heavy atom. The Kier molecular flexibility index (Phi) is 5.82.